The van der Waals surface area contributed by atoms with Gasteiger partial charge in [-0.25, -0.2) is 0 Å². The van der Waals surface area contributed by atoms with Gasteiger partial charge in [0.1, 0.15) is 0 Å². The van der Waals surface area contributed by atoms with E-state index in [0.717, 1.165) is 5.66 Å². The van der Waals surface area contributed by atoms with Crippen molar-refractivity contribution in [2.24, 2.45) is 0 Å². The zero-order valence-corrected chi connectivity index (χ0v) is 5.84. The Morgan fingerprint density at radius 3 is 1.75 bits per heavy atom. The van der Waals surface area contributed by atoms with Crippen LogP contribution in [0.15, 0.2) is 0 Å². The van der Waals surface area contributed by atoms with Gasteiger partial charge in [0.25, 0.3) is 0 Å². The fraction of sp³-hybridized carbons (Fsp3) is 1.00. The van der Waals surface area contributed by atoms with Crippen LogP contribution in [0.3, 0.4) is 0 Å². The van der Waals surface area contributed by atoms with Gasteiger partial charge in [-0.05, 0) is 18.5 Å². The molecule has 0 aromatic rings. The molecule has 0 spiro atoms. The van der Waals surface area contributed by atoms with Crippen LogP contribution in [-0.2, 0) is 0 Å². The summed E-state index contributed by atoms with van der Waals surface area (Å²) >= 11 is 0. The Kier molecular flexibility index (Phi) is 5.49. The molecule has 0 radical (unpaired) electrons. The summed E-state index contributed by atoms with van der Waals surface area (Å²) in [6.45, 7) is 0. The molecule has 0 aromatic heterocycles. The Balaban J connectivity index is 0.000000490. The standard InChI is InChI=1S/C6H13P.Li.H/c7-6-4-2-1-3-5-6;;/h6H,1-5,7H2;;. The van der Waals surface area contributed by atoms with Gasteiger partial charge in [-0.1, -0.05) is 19.3 Å². The normalized spacial score (nSPS) is 22.1. The van der Waals surface area contributed by atoms with E-state index in [9.17, 15) is 0 Å². The van der Waals surface area contributed by atoms with Gasteiger partial charge in [-0.2, -0.15) is 0 Å². The molecule has 1 fully saturated rings. The zero-order chi connectivity index (χ0) is 5.11. The van der Waals surface area contributed by atoms with Crippen molar-refractivity contribution in [3.8, 4) is 0 Å². The van der Waals surface area contributed by atoms with Crippen LogP contribution in [0.1, 0.15) is 32.1 Å². The predicted molar refractivity (Wildman–Crippen MR) is 43.7 cm³/mol. The van der Waals surface area contributed by atoms with Crippen molar-refractivity contribution in [2.75, 3.05) is 0 Å². The molecule has 0 aliphatic heterocycles. The van der Waals surface area contributed by atoms with Gasteiger partial charge in [0.2, 0.25) is 0 Å². The van der Waals surface area contributed by atoms with Crippen molar-refractivity contribution in [1.82, 2.24) is 0 Å². The summed E-state index contributed by atoms with van der Waals surface area (Å²) in [4.78, 5) is 0. The average molecular weight is 124 g/mol. The van der Waals surface area contributed by atoms with Crippen LogP contribution in [0.2, 0.25) is 0 Å². The molecule has 1 unspecified atom stereocenters. The maximum absolute atomic E-state index is 2.91. The molecule has 44 valence electrons. The first-order valence-electron chi connectivity index (χ1n) is 3.15. The molecule has 0 nitrogen and oxygen atoms in total. The summed E-state index contributed by atoms with van der Waals surface area (Å²) in [5.41, 5.74) is 0.953. The first kappa shape index (κ1) is 9.03. The quantitative estimate of drug-likeness (QED) is 0.339. The van der Waals surface area contributed by atoms with Gasteiger partial charge in [-0.3, -0.25) is 0 Å². The van der Waals surface area contributed by atoms with Gasteiger partial charge in [-0.15, -0.1) is 9.24 Å². The van der Waals surface area contributed by atoms with E-state index in [4.69, 9.17) is 0 Å². The second-order valence-corrected chi connectivity index (χ2v) is 3.34. The monoisotopic (exact) mass is 124 g/mol. The summed E-state index contributed by atoms with van der Waals surface area (Å²) in [5, 5.41) is 0. The van der Waals surface area contributed by atoms with Crippen LogP contribution < -0.4 is 0 Å². The van der Waals surface area contributed by atoms with Crippen molar-refractivity contribution in [3.63, 3.8) is 0 Å². The maximum atomic E-state index is 2.91. The molecule has 1 saturated carbocycles. The van der Waals surface area contributed by atoms with Crippen LogP contribution in [0.5, 0.6) is 0 Å². The molecule has 8 heavy (non-hydrogen) atoms. The van der Waals surface area contributed by atoms with Crippen LogP contribution >= 0.6 is 9.24 Å². The molecule has 1 aliphatic carbocycles. The zero-order valence-electron chi connectivity index (χ0n) is 4.69. The van der Waals surface area contributed by atoms with Crippen molar-refractivity contribution in [2.45, 2.75) is 37.8 Å². The van der Waals surface area contributed by atoms with E-state index >= 15 is 0 Å². The summed E-state index contributed by atoms with van der Waals surface area (Å²) in [5.74, 6) is 0. The average Bonchev–Trinajstić information content (AvgIpc) is 1.69. The van der Waals surface area contributed by atoms with E-state index in [1.165, 1.54) is 32.1 Å². The Hall–Kier alpha value is 1.03. The summed E-state index contributed by atoms with van der Waals surface area (Å²) < 4.78 is 0. The fourth-order valence-corrected chi connectivity index (χ4v) is 1.61. The Bertz CT molecular complexity index is 50.5. The van der Waals surface area contributed by atoms with E-state index in [2.05, 4.69) is 9.24 Å². The first-order chi connectivity index (χ1) is 3.39. The number of hydrogen-bond acceptors (Lipinski definition) is 0. The van der Waals surface area contributed by atoms with Crippen molar-refractivity contribution in [1.29, 1.82) is 0 Å². The van der Waals surface area contributed by atoms with Crippen molar-refractivity contribution < 1.29 is 0 Å². The molecule has 2 heteroatoms. The van der Waals surface area contributed by atoms with Gasteiger partial charge in [0, 0.05) is 0 Å². The van der Waals surface area contributed by atoms with Crippen LogP contribution in [0.4, 0.5) is 0 Å². The Morgan fingerprint density at radius 2 is 1.50 bits per heavy atom. The third-order valence-corrected chi connectivity index (χ3v) is 2.32. The van der Waals surface area contributed by atoms with Crippen molar-refractivity contribution >= 4 is 28.1 Å². The van der Waals surface area contributed by atoms with E-state index < -0.39 is 0 Å². The molecule has 1 atom stereocenters. The fourth-order valence-electron chi connectivity index (χ4n) is 1.13. The molecule has 0 amide bonds. The predicted octanol–water partition coefficient (Wildman–Crippen LogP) is 1.55. The van der Waals surface area contributed by atoms with E-state index in [-0.39, 0.29) is 18.9 Å². The van der Waals surface area contributed by atoms with Gasteiger partial charge < -0.3 is 0 Å². The summed E-state index contributed by atoms with van der Waals surface area (Å²) in [6, 6.07) is 0. The van der Waals surface area contributed by atoms with Gasteiger partial charge in [0.15, 0.2) is 0 Å². The third kappa shape index (κ3) is 3.13. The molecule has 0 N–H and O–H groups in total. The van der Waals surface area contributed by atoms with Gasteiger partial charge in [0.05, 0.1) is 0 Å². The van der Waals surface area contributed by atoms with Gasteiger partial charge >= 0.3 is 18.9 Å². The third-order valence-electron chi connectivity index (χ3n) is 1.65. The minimum atomic E-state index is 0. The first-order valence-corrected chi connectivity index (χ1v) is 3.82. The topological polar surface area (TPSA) is 0 Å². The number of rotatable bonds is 0. The SMILES string of the molecule is PC1CCCCC1.[LiH]. The van der Waals surface area contributed by atoms with Crippen molar-refractivity contribution in [3.05, 3.63) is 0 Å². The molecule has 1 rings (SSSR count). The molecule has 0 aromatic carbocycles. The summed E-state index contributed by atoms with van der Waals surface area (Å²) in [7, 11) is 2.91. The second kappa shape index (κ2) is 4.86. The van der Waals surface area contributed by atoms with Crippen LogP contribution in [-0.4, -0.2) is 24.5 Å². The number of hydrogen-bond donors (Lipinski definition) is 0. The van der Waals surface area contributed by atoms with E-state index in [1.807, 2.05) is 0 Å². The molecule has 1 aliphatic rings. The molecule has 0 heterocycles. The molecule has 0 bridgehead atoms. The van der Waals surface area contributed by atoms with Crippen LogP contribution in [0, 0.1) is 0 Å². The van der Waals surface area contributed by atoms with Crippen LogP contribution in [0.25, 0.3) is 0 Å². The second-order valence-electron chi connectivity index (χ2n) is 2.40. The minimum absolute atomic E-state index is 0. The molecular weight excluding hydrogens is 110 g/mol. The van der Waals surface area contributed by atoms with E-state index in [1.54, 1.807) is 0 Å². The van der Waals surface area contributed by atoms with E-state index in [0.29, 0.717) is 0 Å². The molecule has 0 saturated heterocycles. The summed E-state index contributed by atoms with van der Waals surface area (Å²) in [6.07, 6.45) is 7.31. The Labute approximate surface area is 66.2 Å². The molecular formula is C6H14LiP. The Morgan fingerprint density at radius 1 is 1.00 bits per heavy atom.